The van der Waals surface area contributed by atoms with Gasteiger partial charge in [0.05, 0.1) is 15.6 Å². The normalized spacial score (nSPS) is 10.4. The molecule has 1 aromatic rings. The van der Waals surface area contributed by atoms with E-state index in [4.69, 9.17) is 5.73 Å². The molecule has 7 nitrogen and oxygen atoms in total. The van der Waals surface area contributed by atoms with Crippen molar-refractivity contribution in [3.8, 4) is 5.75 Å². The van der Waals surface area contributed by atoms with Gasteiger partial charge in [-0.05, 0) is 34.2 Å². The Morgan fingerprint density at radius 3 is 2.88 bits per heavy atom. The quantitative estimate of drug-likeness (QED) is 0.334. The molecule has 0 aromatic heterocycles. The molecule has 0 aliphatic rings. The van der Waals surface area contributed by atoms with Crippen molar-refractivity contribution in [2.24, 2.45) is 10.8 Å². The summed E-state index contributed by atoms with van der Waals surface area (Å²) in [7, 11) is 0. The first-order chi connectivity index (χ1) is 7.91. The lowest BCUT2D eigenvalue weighted by Crippen LogP contribution is -2.23. The maximum atomic E-state index is 10.6. The Morgan fingerprint density at radius 2 is 2.35 bits per heavy atom. The maximum absolute atomic E-state index is 10.6. The summed E-state index contributed by atoms with van der Waals surface area (Å²) >= 11 is 7.52. The topological polar surface area (TPSA) is 114 Å². The number of nitrogens with zero attached hydrogens (tertiary/aromatic N) is 2. The van der Waals surface area contributed by atoms with Gasteiger partial charge in [0.1, 0.15) is 0 Å². The van der Waals surface area contributed by atoms with Crippen molar-refractivity contribution in [1.29, 1.82) is 0 Å². The maximum Gasteiger partial charge on any atom is 0.312 e. The molecule has 0 aliphatic heterocycles. The lowest BCUT2D eigenvalue weighted by molar-refractivity contribution is -0.386. The van der Waals surface area contributed by atoms with Gasteiger partial charge in [-0.2, -0.15) is 5.10 Å². The van der Waals surface area contributed by atoms with E-state index >= 15 is 0 Å². The molecule has 0 heterocycles. The molecule has 17 heavy (non-hydrogen) atoms. The summed E-state index contributed by atoms with van der Waals surface area (Å²) < 4.78 is 0.198. The van der Waals surface area contributed by atoms with Gasteiger partial charge in [0.2, 0.25) is 5.75 Å². The number of hydrogen-bond acceptors (Lipinski definition) is 5. The minimum atomic E-state index is -0.696. The number of rotatable bonds is 3. The first kappa shape index (κ1) is 13.3. The number of nitro benzene ring substituents is 1. The van der Waals surface area contributed by atoms with Gasteiger partial charge in [0, 0.05) is 11.6 Å². The monoisotopic (exact) mass is 318 g/mol. The van der Waals surface area contributed by atoms with Crippen LogP contribution >= 0.6 is 28.1 Å². The number of phenolic OH excluding ortho intramolecular Hbond substituents is 1. The van der Waals surface area contributed by atoms with Crippen LogP contribution in [0.5, 0.6) is 5.75 Å². The molecule has 0 unspecified atom stereocenters. The van der Waals surface area contributed by atoms with Crippen LogP contribution in [-0.4, -0.2) is 21.4 Å². The predicted molar refractivity (Wildman–Crippen MR) is 70.0 cm³/mol. The van der Waals surface area contributed by atoms with E-state index in [1.807, 2.05) is 0 Å². The fraction of sp³-hybridized carbons (Fsp3) is 0. The molecule has 0 bridgehead atoms. The second kappa shape index (κ2) is 5.55. The summed E-state index contributed by atoms with van der Waals surface area (Å²) in [6.07, 6.45) is 1.29. The summed E-state index contributed by atoms with van der Waals surface area (Å²) in [6.45, 7) is 0. The summed E-state index contributed by atoms with van der Waals surface area (Å²) in [5.41, 5.74) is 7.43. The fourth-order valence-corrected chi connectivity index (χ4v) is 1.51. The van der Waals surface area contributed by atoms with E-state index in [2.05, 4.69) is 38.7 Å². The molecule has 0 saturated carbocycles. The van der Waals surface area contributed by atoms with Gasteiger partial charge in [-0.3, -0.25) is 15.5 Å². The summed E-state index contributed by atoms with van der Waals surface area (Å²) in [5.74, 6) is -0.436. The van der Waals surface area contributed by atoms with Crippen LogP contribution in [-0.2, 0) is 0 Å². The SMILES string of the molecule is NC(=S)NN=Cc1cc(Br)c(O)c([N+](=O)[O-])c1. The van der Waals surface area contributed by atoms with Crippen LogP contribution in [0, 0.1) is 10.1 Å². The van der Waals surface area contributed by atoms with Gasteiger partial charge in [0.25, 0.3) is 0 Å². The molecule has 9 heteroatoms. The van der Waals surface area contributed by atoms with Crippen molar-refractivity contribution in [1.82, 2.24) is 5.43 Å². The van der Waals surface area contributed by atoms with Crippen molar-refractivity contribution in [3.63, 3.8) is 0 Å². The molecule has 0 saturated heterocycles. The Labute approximate surface area is 110 Å². The Morgan fingerprint density at radius 1 is 1.71 bits per heavy atom. The zero-order chi connectivity index (χ0) is 13.0. The molecule has 0 radical (unpaired) electrons. The van der Waals surface area contributed by atoms with E-state index in [1.165, 1.54) is 18.3 Å². The minimum Gasteiger partial charge on any atom is -0.501 e. The molecule has 0 aliphatic carbocycles. The summed E-state index contributed by atoms with van der Waals surface area (Å²) in [6, 6.07) is 2.64. The van der Waals surface area contributed by atoms with E-state index in [0.29, 0.717) is 5.56 Å². The Hall–Kier alpha value is -1.74. The van der Waals surface area contributed by atoms with Gasteiger partial charge in [-0.1, -0.05) is 0 Å². The third-order valence-electron chi connectivity index (χ3n) is 1.65. The number of hydrazone groups is 1. The second-order valence-corrected chi connectivity index (χ2v) is 4.16. The number of hydrogen-bond donors (Lipinski definition) is 3. The Kier molecular flexibility index (Phi) is 4.35. The van der Waals surface area contributed by atoms with Crippen molar-refractivity contribution >= 4 is 45.2 Å². The predicted octanol–water partition coefficient (Wildman–Crippen LogP) is 1.23. The standard InChI is InChI=1S/C8H7BrN4O3S/c9-5-1-4(3-11-12-8(10)17)2-6(7(5)14)13(15)16/h1-3,14H,(H3,10,12,17). The highest BCUT2D eigenvalue weighted by Crippen LogP contribution is 2.34. The molecule has 1 rings (SSSR count). The van der Waals surface area contributed by atoms with Crippen LogP contribution < -0.4 is 11.2 Å². The molecule has 0 amide bonds. The van der Waals surface area contributed by atoms with Crippen LogP contribution in [0.4, 0.5) is 5.69 Å². The average Bonchev–Trinajstić information content (AvgIpc) is 2.22. The van der Waals surface area contributed by atoms with Gasteiger partial charge in [0.15, 0.2) is 5.11 Å². The molecule has 4 N–H and O–H groups in total. The van der Waals surface area contributed by atoms with Gasteiger partial charge < -0.3 is 10.8 Å². The number of nitro groups is 1. The fourth-order valence-electron chi connectivity index (χ4n) is 0.989. The highest BCUT2D eigenvalue weighted by molar-refractivity contribution is 9.10. The van der Waals surface area contributed by atoms with Gasteiger partial charge in [-0.25, -0.2) is 0 Å². The van der Waals surface area contributed by atoms with E-state index in [-0.39, 0.29) is 9.59 Å². The lowest BCUT2D eigenvalue weighted by Gasteiger charge is -2.01. The van der Waals surface area contributed by atoms with Crippen molar-refractivity contribution < 1.29 is 10.0 Å². The second-order valence-electron chi connectivity index (χ2n) is 2.86. The largest absolute Gasteiger partial charge is 0.501 e. The van der Waals surface area contributed by atoms with Crippen LogP contribution in [0.2, 0.25) is 0 Å². The number of nitrogens with one attached hydrogen (secondary N) is 1. The first-order valence-electron chi connectivity index (χ1n) is 4.17. The number of phenols is 1. The molecule has 0 spiro atoms. The number of nitrogens with two attached hydrogens (primary N) is 1. The highest BCUT2D eigenvalue weighted by Gasteiger charge is 2.17. The zero-order valence-electron chi connectivity index (χ0n) is 8.25. The highest BCUT2D eigenvalue weighted by atomic mass is 79.9. The van der Waals surface area contributed by atoms with E-state index in [9.17, 15) is 15.2 Å². The molecule has 0 atom stereocenters. The van der Waals surface area contributed by atoms with Crippen molar-refractivity contribution in [2.75, 3.05) is 0 Å². The van der Waals surface area contributed by atoms with Crippen LogP contribution in [0.3, 0.4) is 0 Å². The van der Waals surface area contributed by atoms with E-state index in [1.54, 1.807) is 0 Å². The molecule has 1 aromatic carbocycles. The molecule has 90 valence electrons. The Bertz CT molecular complexity index is 506. The third-order valence-corrected chi connectivity index (χ3v) is 2.35. The third kappa shape index (κ3) is 3.64. The zero-order valence-corrected chi connectivity index (χ0v) is 10.7. The Balaban J connectivity index is 3.06. The first-order valence-corrected chi connectivity index (χ1v) is 5.37. The molecular weight excluding hydrogens is 312 g/mol. The van der Waals surface area contributed by atoms with Gasteiger partial charge >= 0.3 is 5.69 Å². The number of thiocarbonyl (C=S) groups is 1. The summed E-state index contributed by atoms with van der Waals surface area (Å²) in [5, 5.41) is 23.7. The van der Waals surface area contributed by atoms with Gasteiger partial charge in [-0.15, -0.1) is 0 Å². The minimum absolute atomic E-state index is 0.0198. The number of halogens is 1. The van der Waals surface area contributed by atoms with Crippen LogP contribution in [0.15, 0.2) is 21.7 Å². The number of aromatic hydroxyl groups is 1. The average molecular weight is 319 g/mol. The van der Waals surface area contributed by atoms with Crippen LogP contribution in [0.1, 0.15) is 5.56 Å². The van der Waals surface area contributed by atoms with E-state index in [0.717, 1.165) is 0 Å². The summed E-state index contributed by atoms with van der Waals surface area (Å²) in [4.78, 5) is 9.94. The molecular formula is C8H7BrN4O3S. The number of benzene rings is 1. The van der Waals surface area contributed by atoms with Crippen molar-refractivity contribution in [2.45, 2.75) is 0 Å². The van der Waals surface area contributed by atoms with Crippen LogP contribution in [0.25, 0.3) is 0 Å². The molecule has 0 fully saturated rings. The van der Waals surface area contributed by atoms with Crippen molar-refractivity contribution in [3.05, 3.63) is 32.3 Å². The lowest BCUT2D eigenvalue weighted by atomic mass is 10.2. The smallest absolute Gasteiger partial charge is 0.312 e. The van der Waals surface area contributed by atoms with E-state index < -0.39 is 16.4 Å².